The van der Waals surface area contributed by atoms with E-state index < -0.39 is 4.92 Å². The summed E-state index contributed by atoms with van der Waals surface area (Å²) in [6, 6.07) is 3.22. The van der Waals surface area contributed by atoms with Gasteiger partial charge in [0.1, 0.15) is 11.6 Å². The van der Waals surface area contributed by atoms with Gasteiger partial charge in [0.25, 0.3) is 5.69 Å². The molecule has 0 spiro atoms. The molecule has 7 nitrogen and oxygen atoms in total. The van der Waals surface area contributed by atoms with Gasteiger partial charge in [0.2, 0.25) is 0 Å². The number of hydrogen-bond acceptors (Lipinski definition) is 6. The number of nitrogen functional groups attached to an aromatic ring is 1. The average molecular weight is 251 g/mol. The van der Waals surface area contributed by atoms with Crippen LogP contribution in [0.15, 0.2) is 12.1 Å². The number of nitrogens with one attached hydrogen (secondary N) is 1. The molecule has 0 radical (unpaired) electrons. The highest BCUT2D eigenvalue weighted by Crippen LogP contribution is 2.29. The third-order valence-electron chi connectivity index (χ3n) is 3.39. The lowest BCUT2D eigenvalue weighted by Gasteiger charge is -2.25. The predicted octanol–water partition coefficient (Wildman–Crippen LogP) is 1.65. The van der Waals surface area contributed by atoms with Crippen LogP contribution in [0.1, 0.15) is 25.7 Å². The van der Waals surface area contributed by atoms with Gasteiger partial charge in [-0.1, -0.05) is 12.8 Å². The average Bonchev–Trinajstić information content (AvgIpc) is 2.91. The second-order valence-corrected chi connectivity index (χ2v) is 4.52. The Kier molecular flexibility index (Phi) is 3.61. The zero-order valence-corrected chi connectivity index (χ0v) is 10.3. The number of anilines is 2. The summed E-state index contributed by atoms with van der Waals surface area (Å²) in [5, 5.41) is 10.9. The molecule has 0 saturated heterocycles. The maximum atomic E-state index is 10.9. The van der Waals surface area contributed by atoms with Gasteiger partial charge in [0.15, 0.2) is 0 Å². The van der Waals surface area contributed by atoms with E-state index in [9.17, 15) is 10.1 Å². The fraction of sp³-hybridized carbons (Fsp3) is 0.545. The number of aromatic nitrogens is 1. The summed E-state index contributed by atoms with van der Waals surface area (Å²) in [6.45, 7) is 0. The lowest BCUT2D eigenvalue weighted by Crippen LogP contribution is -2.29. The Hall–Kier alpha value is -1.89. The summed E-state index contributed by atoms with van der Waals surface area (Å²) in [7, 11) is 1.92. The number of nitrogens with two attached hydrogens (primary N) is 1. The first-order valence-corrected chi connectivity index (χ1v) is 5.97. The van der Waals surface area contributed by atoms with Crippen molar-refractivity contribution >= 4 is 17.3 Å². The smallest absolute Gasteiger partial charge is 0.276 e. The van der Waals surface area contributed by atoms with Crippen molar-refractivity contribution in [3.8, 4) is 0 Å². The van der Waals surface area contributed by atoms with Gasteiger partial charge in [-0.25, -0.2) is 10.8 Å². The summed E-state index contributed by atoms with van der Waals surface area (Å²) in [5.74, 6) is 6.18. The molecule has 1 aromatic rings. The van der Waals surface area contributed by atoms with Crippen molar-refractivity contribution in [2.24, 2.45) is 5.84 Å². The van der Waals surface area contributed by atoms with E-state index >= 15 is 0 Å². The van der Waals surface area contributed by atoms with Gasteiger partial charge in [0, 0.05) is 13.1 Å². The van der Waals surface area contributed by atoms with Crippen molar-refractivity contribution in [3.63, 3.8) is 0 Å². The van der Waals surface area contributed by atoms with Gasteiger partial charge in [-0.05, 0) is 12.8 Å². The zero-order valence-electron chi connectivity index (χ0n) is 10.3. The van der Waals surface area contributed by atoms with Crippen LogP contribution in [-0.2, 0) is 0 Å². The fourth-order valence-electron chi connectivity index (χ4n) is 2.34. The molecule has 98 valence electrons. The molecule has 1 aliphatic rings. The largest absolute Gasteiger partial charge is 0.356 e. The molecular formula is C11H17N5O2. The monoisotopic (exact) mass is 251 g/mol. The van der Waals surface area contributed by atoms with Crippen LogP contribution < -0.4 is 16.2 Å². The van der Waals surface area contributed by atoms with Gasteiger partial charge < -0.3 is 10.3 Å². The Morgan fingerprint density at radius 1 is 1.50 bits per heavy atom. The molecule has 0 aliphatic heterocycles. The molecule has 0 aromatic carbocycles. The first-order chi connectivity index (χ1) is 8.61. The van der Waals surface area contributed by atoms with E-state index in [4.69, 9.17) is 5.84 Å². The molecule has 0 atom stereocenters. The van der Waals surface area contributed by atoms with Crippen molar-refractivity contribution in [2.75, 3.05) is 17.4 Å². The molecule has 1 aliphatic carbocycles. The predicted molar refractivity (Wildman–Crippen MR) is 69.4 cm³/mol. The number of hydrogen-bond donors (Lipinski definition) is 2. The van der Waals surface area contributed by atoms with Crippen LogP contribution in [0.2, 0.25) is 0 Å². The first-order valence-electron chi connectivity index (χ1n) is 5.97. The van der Waals surface area contributed by atoms with Crippen molar-refractivity contribution in [3.05, 3.63) is 22.2 Å². The summed E-state index contributed by atoms with van der Waals surface area (Å²) in [5.41, 5.74) is 2.36. The van der Waals surface area contributed by atoms with Crippen molar-refractivity contribution < 1.29 is 4.92 Å². The number of hydrazine groups is 1. The molecule has 3 N–H and O–H groups in total. The molecule has 1 aromatic heterocycles. The Balaban J connectivity index is 2.30. The van der Waals surface area contributed by atoms with Gasteiger partial charge in [-0.15, -0.1) is 0 Å². The normalized spacial score (nSPS) is 15.7. The number of nitro groups is 1. The van der Waals surface area contributed by atoms with E-state index in [1.807, 2.05) is 11.9 Å². The van der Waals surface area contributed by atoms with Crippen LogP contribution in [0, 0.1) is 10.1 Å². The van der Waals surface area contributed by atoms with Crippen LogP contribution >= 0.6 is 0 Å². The summed E-state index contributed by atoms with van der Waals surface area (Å²) < 4.78 is 0. The molecule has 1 heterocycles. The lowest BCUT2D eigenvalue weighted by molar-refractivity contribution is -0.384. The zero-order chi connectivity index (χ0) is 13.1. The van der Waals surface area contributed by atoms with Gasteiger partial charge in [-0.3, -0.25) is 10.1 Å². The van der Waals surface area contributed by atoms with Crippen LogP contribution in [0.25, 0.3) is 0 Å². The topological polar surface area (TPSA) is 97.3 Å². The molecule has 1 saturated carbocycles. The minimum Gasteiger partial charge on any atom is -0.356 e. The third kappa shape index (κ3) is 2.51. The van der Waals surface area contributed by atoms with Crippen LogP contribution in [0.4, 0.5) is 17.3 Å². The van der Waals surface area contributed by atoms with Gasteiger partial charge in [0.05, 0.1) is 17.1 Å². The minimum absolute atomic E-state index is 0.00204. The van der Waals surface area contributed by atoms with Gasteiger partial charge >= 0.3 is 0 Å². The molecule has 1 fully saturated rings. The quantitative estimate of drug-likeness (QED) is 0.480. The second kappa shape index (κ2) is 5.18. The highest BCUT2D eigenvalue weighted by Gasteiger charge is 2.22. The summed E-state index contributed by atoms with van der Waals surface area (Å²) >= 11 is 0. The second-order valence-electron chi connectivity index (χ2n) is 4.52. The van der Waals surface area contributed by atoms with E-state index in [1.54, 1.807) is 0 Å². The van der Waals surface area contributed by atoms with E-state index in [0.717, 1.165) is 12.8 Å². The number of rotatable bonds is 4. The van der Waals surface area contributed by atoms with E-state index in [1.165, 1.54) is 25.0 Å². The Morgan fingerprint density at radius 2 is 2.17 bits per heavy atom. The minimum atomic E-state index is -0.436. The number of pyridine rings is 1. The standard InChI is InChI=1S/C11H17N5O2/c1-15(8-4-2-3-5-8)11-7-9(16(17)18)6-10(13-11)14-12/h6-8H,2-5,12H2,1H3,(H,13,14). The Bertz CT molecular complexity index is 445. The van der Waals surface area contributed by atoms with Crippen LogP contribution in [0.3, 0.4) is 0 Å². The van der Waals surface area contributed by atoms with Crippen molar-refractivity contribution in [1.82, 2.24) is 4.98 Å². The summed E-state index contributed by atoms with van der Waals surface area (Å²) in [4.78, 5) is 16.7. The SMILES string of the molecule is CN(c1cc([N+](=O)[O-])cc(NN)n1)C1CCCC1. The maximum absolute atomic E-state index is 10.9. The molecule has 2 rings (SSSR count). The first kappa shape index (κ1) is 12.6. The lowest BCUT2D eigenvalue weighted by atomic mass is 10.2. The van der Waals surface area contributed by atoms with Crippen molar-refractivity contribution in [1.29, 1.82) is 0 Å². The molecule has 0 bridgehead atoms. The highest BCUT2D eigenvalue weighted by atomic mass is 16.6. The Labute approximate surface area is 105 Å². The fourth-order valence-corrected chi connectivity index (χ4v) is 2.34. The molecule has 0 unspecified atom stereocenters. The highest BCUT2D eigenvalue weighted by molar-refractivity contribution is 5.55. The summed E-state index contributed by atoms with van der Waals surface area (Å²) in [6.07, 6.45) is 4.61. The number of nitrogens with zero attached hydrogens (tertiary/aromatic N) is 3. The van der Waals surface area contributed by atoms with E-state index in [0.29, 0.717) is 17.7 Å². The Morgan fingerprint density at radius 3 is 2.72 bits per heavy atom. The molecule has 7 heteroatoms. The van der Waals surface area contributed by atoms with Gasteiger partial charge in [-0.2, -0.15) is 0 Å². The van der Waals surface area contributed by atoms with Crippen molar-refractivity contribution in [2.45, 2.75) is 31.7 Å². The van der Waals surface area contributed by atoms with Crippen LogP contribution in [-0.4, -0.2) is 23.0 Å². The third-order valence-corrected chi connectivity index (χ3v) is 3.39. The molecule has 18 heavy (non-hydrogen) atoms. The maximum Gasteiger partial charge on any atom is 0.276 e. The molecular weight excluding hydrogens is 234 g/mol. The van der Waals surface area contributed by atoms with Crippen LogP contribution in [0.5, 0.6) is 0 Å². The van der Waals surface area contributed by atoms with E-state index in [2.05, 4.69) is 10.4 Å². The van der Waals surface area contributed by atoms with E-state index in [-0.39, 0.29) is 5.69 Å². The molecule has 0 amide bonds.